The first-order valence-electron chi connectivity index (χ1n) is 6.48. The summed E-state index contributed by atoms with van der Waals surface area (Å²) in [6, 6.07) is 10.8. The van der Waals surface area contributed by atoms with Crippen LogP contribution in [0.4, 0.5) is 5.69 Å². The zero-order valence-corrected chi connectivity index (χ0v) is 12.9. The van der Waals surface area contributed by atoms with Crippen molar-refractivity contribution in [2.24, 2.45) is 0 Å². The molecule has 0 bridgehead atoms. The Kier molecular flexibility index (Phi) is 4.70. The largest absolute Gasteiger partial charge is 0.496 e. The van der Waals surface area contributed by atoms with Gasteiger partial charge in [-0.25, -0.2) is 0 Å². The Bertz CT molecular complexity index is 671. The summed E-state index contributed by atoms with van der Waals surface area (Å²) in [5, 5.41) is 0.479. The highest BCUT2D eigenvalue weighted by Crippen LogP contribution is 2.22. The Balaban J connectivity index is 2.11. The molecule has 2 rings (SSSR count). The maximum absolute atomic E-state index is 12.2. The average Bonchev–Trinajstić information content (AvgIpc) is 2.48. The molecular formula is C16H17ClN2O2. The molecule has 0 aliphatic rings. The fourth-order valence-corrected chi connectivity index (χ4v) is 2.05. The van der Waals surface area contributed by atoms with Crippen LogP contribution in [0.25, 0.3) is 0 Å². The molecule has 0 unspecified atom stereocenters. The Morgan fingerprint density at radius 1 is 1.10 bits per heavy atom. The molecule has 0 aromatic heterocycles. The van der Waals surface area contributed by atoms with Crippen molar-refractivity contribution in [1.82, 2.24) is 5.43 Å². The normalized spacial score (nSPS) is 10.1. The van der Waals surface area contributed by atoms with Gasteiger partial charge in [0, 0.05) is 5.02 Å². The second-order valence-corrected chi connectivity index (χ2v) is 5.16. The molecule has 2 N–H and O–H groups in total. The Morgan fingerprint density at radius 2 is 1.86 bits per heavy atom. The number of hydrogen-bond acceptors (Lipinski definition) is 3. The van der Waals surface area contributed by atoms with Crippen LogP contribution in [0.5, 0.6) is 5.75 Å². The van der Waals surface area contributed by atoms with Crippen LogP contribution in [-0.2, 0) is 0 Å². The zero-order valence-electron chi connectivity index (χ0n) is 12.2. The van der Waals surface area contributed by atoms with E-state index in [4.69, 9.17) is 16.3 Å². The molecule has 0 fully saturated rings. The molecule has 5 heteroatoms. The van der Waals surface area contributed by atoms with Gasteiger partial charge in [-0.2, -0.15) is 0 Å². The SMILES string of the molecule is COc1ccc(Cl)cc1C(=O)NNc1ccc(C)c(C)c1. The third-order valence-electron chi connectivity index (χ3n) is 3.23. The number of rotatable bonds is 4. The topological polar surface area (TPSA) is 50.4 Å². The average molecular weight is 305 g/mol. The van der Waals surface area contributed by atoms with Crippen molar-refractivity contribution in [1.29, 1.82) is 0 Å². The van der Waals surface area contributed by atoms with Gasteiger partial charge >= 0.3 is 0 Å². The molecule has 4 nitrogen and oxygen atoms in total. The molecule has 0 atom stereocenters. The van der Waals surface area contributed by atoms with Crippen molar-refractivity contribution >= 4 is 23.2 Å². The second kappa shape index (κ2) is 6.50. The molecule has 0 saturated heterocycles. The predicted octanol–water partition coefficient (Wildman–Crippen LogP) is 3.72. The van der Waals surface area contributed by atoms with Crippen molar-refractivity contribution in [3.8, 4) is 5.75 Å². The van der Waals surface area contributed by atoms with E-state index in [9.17, 15) is 4.79 Å². The highest BCUT2D eigenvalue weighted by molar-refractivity contribution is 6.31. The molecule has 110 valence electrons. The minimum Gasteiger partial charge on any atom is -0.496 e. The lowest BCUT2D eigenvalue weighted by molar-refractivity contribution is 0.0959. The number of ether oxygens (including phenoxy) is 1. The van der Waals surface area contributed by atoms with E-state index < -0.39 is 0 Å². The van der Waals surface area contributed by atoms with Crippen LogP contribution in [0.2, 0.25) is 5.02 Å². The van der Waals surface area contributed by atoms with Crippen LogP contribution >= 0.6 is 11.6 Å². The molecule has 2 aromatic rings. The van der Waals surface area contributed by atoms with E-state index in [1.165, 1.54) is 12.7 Å². The van der Waals surface area contributed by atoms with Crippen LogP contribution in [0.15, 0.2) is 36.4 Å². The predicted molar refractivity (Wildman–Crippen MR) is 85.0 cm³/mol. The summed E-state index contributed by atoms with van der Waals surface area (Å²) >= 11 is 5.92. The van der Waals surface area contributed by atoms with Gasteiger partial charge < -0.3 is 4.74 Å². The van der Waals surface area contributed by atoms with Crippen molar-refractivity contribution in [3.05, 3.63) is 58.1 Å². The fraction of sp³-hybridized carbons (Fsp3) is 0.188. The summed E-state index contributed by atoms with van der Waals surface area (Å²) in [6.07, 6.45) is 0. The van der Waals surface area contributed by atoms with E-state index in [2.05, 4.69) is 10.9 Å². The molecular weight excluding hydrogens is 288 g/mol. The number of carbonyl (C=O) groups excluding carboxylic acids is 1. The molecule has 0 aliphatic carbocycles. The summed E-state index contributed by atoms with van der Waals surface area (Å²) in [6.45, 7) is 4.05. The van der Waals surface area contributed by atoms with Gasteiger partial charge in [0.05, 0.1) is 18.4 Å². The zero-order chi connectivity index (χ0) is 15.4. The minimum absolute atomic E-state index is 0.312. The number of methoxy groups -OCH3 is 1. The summed E-state index contributed by atoms with van der Waals surface area (Å²) in [5.41, 5.74) is 9.05. The van der Waals surface area contributed by atoms with Gasteiger partial charge in [0.25, 0.3) is 5.91 Å². The molecule has 0 aliphatic heterocycles. The first kappa shape index (κ1) is 15.2. The highest BCUT2D eigenvalue weighted by atomic mass is 35.5. The summed E-state index contributed by atoms with van der Waals surface area (Å²) in [7, 11) is 1.51. The van der Waals surface area contributed by atoms with Crippen molar-refractivity contribution in [2.45, 2.75) is 13.8 Å². The molecule has 0 heterocycles. The summed E-state index contributed by atoms with van der Waals surface area (Å²) in [5.74, 6) is 0.159. The van der Waals surface area contributed by atoms with E-state index in [-0.39, 0.29) is 5.91 Å². The Hall–Kier alpha value is -2.20. The smallest absolute Gasteiger partial charge is 0.273 e. The minimum atomic E-state index is -0.312. The Morgan fingerprint density at radius 3 is 2.52 bits per heavy atom. The number of amides is 1. The van der Waals surface area contributed by atoms with Crippen molar-refractivity contribution in [2.75, 3.05) is 12.5 Å². The first-order chi connectivity index (χ1) is 10.0. The van der Waals surface area contributed by atoms with Gasteiger partial charge in [-0.05, 0) is 55.3 Å². The number of aryl methyl sites for hydroxylation is 2. The third-order valence-corrected chi connectivity index (χ3v) is 3.47. The molecule has 1 amide bonds. The maximum Gasteiger partial charge on any atom is 0.273 e. The van der Waals surface area contributed by atoms with Gasteiger partial charge in [-0.15, -0.1) is 0 Å². The van der Waals surface area contributed by atoms with Gasteiger partial charge in [-0.1, -0.05) is 17.7 Å². The fourth-order valence-electron chi connectivity index (χ4n) is 1.87. The number of nitrogens with one attached hydrogen (secondary N) is 2. The molecule has 0 spiro atoms. The van der Waals surface area contributed by atoms with E-state index in [1.54, 1.807) is 18.2 Å². The van der Waals surface area contributed by atoms with Crippen molar-refractivity contribution in [3.63, 3.8) is 0 Å². The molecule has 2 aromatic carbocycles. The highest BCUT2D eigenvalue weighted by Gasteiger charge is 2.12. The Labute approximate surface area is 129 Å². The third kappa shape index (κ3) is 3.67. The van der Waals surface area contributed by atoms with Crippen LogP contribution in [0, 0.1) is 13.8 Å². The van der Waals surface area contributed by atoms with Gasteiger partial charge in [-0.3, -0.25) is 15.6 Å². The van der Waals surface area contributed by atoms with Crippen LogP contribution < -0.4 is 15.6 Å². The number of halogens is 1. The number of carbonyl (C=O) groups is 1. The first-order valence-corrected chi connectivity index (χ1v) is 6.86. The van der Waals surface area contributed by atoms with Crippen LogP contribution in [0.1, 0.15) is 21.5 Å². The van der Waals surface area contributed by atoms with E-state index in [1.807, 2.05) is 32.0 Å². The standard InChI is InChI=1S/C16H17ClN2O2/c1-10-4-6-13(8-11(10)2)18-19-16(20)14-9-12(17)5-7-15(14)21-3/h4-9,18H,1-3H3,(H,19,20). The van der Waals surface area contributed by atoms with E-state index >= 15 is 0 Å². The van der Waals surface area contributed by atoms with Crippen LogP contribution in [0.3, 0.4) is 0 Å². The number of benzene rings is 2. The number of anilines is 1. The van der Waals surface area contributed by atoms with Crippen molar-refractivity contribution < 1.29 is 9.53 Å². The molecule has 21 heavy (non-hydrogen) atoms. The van der Waals surface area contributed by atoms with E-state index in [0.717, 1.165) is 11.3 Å². The number of hydrogen-bond donors (Lipinski definition) is 2. The molecule has 0 radical (unpaired) electrons. The quantitative estimate of drug-likeness (QED) is 0.846. The molecule has 0 saturated carbocycles. The number of hydrazine groups is 1. The maximum atomic E-state index is 12.2. The van der Waals surface area contributed by atoms with Gasteiger partial charge in [0.2, 0.25) is 0 Å². The second-order valence-electron chi connectivity index (χ2n) is 4.72. The summed E-state index contributed by atoms with van der Waals surface area (Å²) in [4.78, 5) is 12.2. The summed E-state index contributed by atoms with van der Waals surface area (Å²) < 4.78 is 5.16. The lowest BCUT2D eigenvalue weighted by Gasteiger charge is -2.12. The van der Waals surface area contributed by atoms with E-state index in [0.29, 0.717) is 16.3 Å². The van der Waals surface area contributed by atoms with Gasteiger partial charge in [0.15, 0.2) is 0 Å². The lowest BCUT2D eigenvalue weighted by atomic mass is 10.1. The lowest BCUT2D eigenvalue weighted by Crippen LogP contribution is -2.29. The van der Waals surface area contributed by atoms with Crippen LogP contribution in [-0.4, -0.2) is 13.0 Å². The van der Waals surface area contributed by atoms with Gasteiger partial charge in [0.1, 0.15) is 5.75 Å². The monoisotopic (exact) mass is 304 g/mol.